The van der Waals surface area contributed by atoms with Crippen molar-refractivity contribution < 1.29 is 4.74 Å². The van der Waals surface area contributed by atoms with Gasteiger partial charge in [-0.25, -0.2) is 0 Å². The Hall–Kier alpha value is -1.75. The molecule has 0 aromatic heterocycles. The second kappa shape index (κ2) is 8.92. The van der Waals surface area contributed by atoms with E-state index in [0.717, 1.165) is 24.8 Å². The number of hydrogen-bond acceptors (Lipinski definition) is 3. The van der Waals surface area contributed by atoms with Crippen LogP contribution < -0.4 is 15.4 Å². The van der Waals surface area contributed by atoms with Crippen LogP contribution in [0.1, 0.15) is 38.7 Å². The average Bonchev–Trinajstić information content (AvgIpc) is 2.63. The van der Waals surface area contributed by atoms with Crippen molar-refractivity contribution in [2.75, 3.05) is 33.8 Å². The molecule has 134 valence electrons. The molecule has 24 heavy (non-hydrogen) atoms. The summed E-state index contributed by atoms with van der Waals surface area (Å²) >= 11 is 0. The lowest BCUT2D eigenvalue weighted by atomic mass is 9.98. The summed E-state index contributed by atoms with van der Waals surface area (Å²) in [7, 11) is 3.50. The lowest BCUT2D eigenvalue weighted by Crippen LogP contribution is -2.54. The number of rotatable bonds is 6. The Labute approximate surface area is 146 Å². The molecule has 0 amide bonds. The highest BCUT2D eigenvalue weighted by Gasteiger charge is 2.27. The van der Waals surface area contributed by atoms with Gasteiger partial charge in [-0.1, -0.05) is 18.6 Å². The average molecular weight is 332 g/mol. The fourth-order valence-electron chi connectivity index (χ4n) is 3.06. The van der Waals surface area contributed by atoms with Crippen LogP contribution in [0, 0.1) is 0 Å². The fraction of sp³-hybridized carbons (Fsp3) is 0.632. The Balaban J connectivity index is 1.80. The first-order chi connectivity index (χ1) is 11.5. The van der Waals surface area contributed by atoms with Gasteiger partial charge in [-0.15, -0.1) is 0 Å². The maximum Gasteiger partial charge on any atom is 0.191 e. The molecule has 0 atom stereocenters. The van der Waals surface area contributed by atoms with Crippen LogP contribution in [0.5, 0.6) is 5.75 Å². The van der Waals surface area contributed by atoms with Gasteiger partial charge in [-0.05, 0) is 57.5 Å². The minimum Gasteiger partial charge on any atom is -0.497 e. The van der Waals surface area contributed by atoms with Crippen LogP contribution in [-0.2, 0) is 6.54 Å². The summed E-state index contributed by atoms with van der Waals surface area (Å²) in [4.78, 5) is 6.92. The van der Waals surface area contributed by atoms with E-state index < -0.39 is 0 Å². The van der Waals surface area contributed by atoms with Crippen molar-refractivity contribution in [3.8, 4) is 5.75 Å². The highest BCUT2D eigenvalue weighted by molar-refractivity contribution is 5.79. The standard InChI is InChI=1S/C19H32N4O/c1-19(2,23-12-6-5-7-13-23)15-22-18(20-3)21-14-16-8-10-17(24-4)11-9-16/h8-11H,5-7,12-15H2,1-4H3,(H2,20,21,22). The number of likely N-dealkylation sites (tertiary alicyclic amines) is 1. The normalized spacial score (nSPS) is 16.8. The second-order valence-corrected chi connectivity index (χ2v) is 6.99. The summed E-state index contributed by atoms with van der Waals surface area (Å²) in [6.07, 6.45) is 3.99. The summed E-state index contributed by atoms with van der Waals surface area (Å²) in [5, 5.41) is 6.85. The van der Waals surface area contributed by atoms with E-state index in [1.807, 2.05) is 19.2 Å². The third-order valence-electron chi connectivity index (χ3n) is 4.74. The van der Waals surface area contributed by atoms with Crippen LogP contribution >= 0.6 is 0 Å². The summed E-state index contributed by atoms with van der Waals surface area (Å²) in [6, 6.07) is 8.09. The Bertz CT molecular complexity index is 519. The van der Waals surface area contributed by atoms with Crippen molar-refractivity contribution in [1.82, 2.24) is 15.5 Å². The number of benzene rings is 1. The Morgan fingerprint density at radius 3 is 2.38 bits per heavy atom. The second-order valence-electron chi connectivity index (χ2n) is 6.99. The zero-order chi connectivity index (χ0) is 17.4. The van der Waals surface area contributed by atoms with Gasteiger partial charge in [-0.2, -0.15) is 0 Å². The SMILES string of the molecule is CN=C(NCc1ccc(OC)cc1)NCC(C)(C)N1CCCCC1. The highest BCUT2D eigenvalue weighted by atomic mass is 16.5. The van der Waals surface area contributed by atoms with Crippen LogP contribution in [0.25, 0.3) is 0 Å². The monoisotopic (exact) mass is 332 g/mol. The van der Waals surface area contributed by atoms with E-state index in [1.165, 1.54) is 37.9 Å². The smallest absolute Gasteiger partial charge is 0.191 e. The molecule has 1 aromatic carbocycles. The quantitative estimate of drug-likeness (QED) is 0.621. The Kier molecular flexibility index (Phi) is 6.91. The number of nitrogens with one attached hydrogen (secondary N) is 2. The molecule has 1 fully saturated rings. The predicted molar refractivity (Wildman–Crippen MR) is 101 cm³/mol. The molecule has 0 radical (unpaired) electrons. The van der Waals surface area contributed by atoms with Crippen molar-refractivity contribution in [3.63, 3.8) is 0 Å². The molecule has 2 N–H and O–H groups in total. The lowest BCUT2D eigenvalue weighted by molar-refractivity contribution is 0.0982. The number of methoxy groups -OCH3 is 1. The fourth-order valence-corrected chi connectivity index (χ4v) is 3.06. The van der Waals surface area contributed by atoms with Crippen molar-refractivity contribution in [2.45, 2.75) is 45.2 Å². The number of guanidine groups is 1. The molecule has 0 unspecified atom stereocenters. The maximum absolute atomic E-state index is 5.19. The van der Waals surface area contributed by atoms with E-state index in [-0.39, 0.29) is 5.54 Å². The third-order valence-corrected chi connectivity index (χ3v) is 4.74. The molecular weight excluding hydrogens is 300 g/mol. The number of ether oxygens (including phenoxy) is 1. The molecule has 0 aliphatic carbocycles. The molecule has 1 aliphatic heterocycles. The first-order valence-corrected chi connectivity index (χ1v) is 8.87. The lowest BCUT2D eigenvalue weighted by Gasteiger charge is -2.41. The highest BCUT2D eigenvalue weighted by Crippen LogP contribution is 2.19. The summed E-state index contributed by atoms with van der Waals surface area (Å²) in [6.45, 7) is 8.65. The molecule has 0 saturated carbocycles. The van der Waals surface area contributed by atoms with E-state index in [2.05, 4.69) is 46.5 Å². The third kappa shape index (κ3) is 5.41. The van der Waals surface area contributed by atoms with E-state index in [9.17, 15) is 0 Å². The van der Waals surface area contributed by atoms with Gasteiger partial charge >= 0.3 is 0 Å². The number of piperidine rings is 1. The topological polar surface area (TPSA) is 48.9 Å². The molecule has 1 aromatic rings. The van der Waals surface area contributed by atoms with Gasteiger partial charge in [0.25, 0.3) is 0 Å². The minimum atomic E-state index is 0.137. The van der Waals surface area contributed by atoms with E-state index in [4.69, 9.17) is 4.74 Å². The van der Waals surface area contributed by atoms with Crippen LogP contribution in [0.4, 0.5) is 0 Å². The molecule has 1 heterocycles. The zero-order valence-corrected chi connectivity index (χ0v) is 15.6. The van der Waals surface area contributed by atoms with Gasteiger partial charge in [0.1, 0.15) is 5.75 Å². The molecule has 1 saturated heterocycles. The summed E-state index contributed by atoms with van der Waals surface area (Å²) < 4.78 is 5.19. The molecule has 5 nitrogen and oxygen atoms in total. The molecule has 2 rings (SSSR count). The number of aliphatic imine (C=N–C) groups is 1. The molecule has 0 spiro atoms. The largest absolute Gasteiger partial charge is 0.497 e. The first-order valence-electron chi connectivity index (χ1n) is 8.87. The van der Waals surface area contributed by atoms with Gasteiger partial charge in [0.15, 0.2) is 5.96 Å². The Morgan fingerprint density at radius 1 is 1.12 bits per heavy atom. The van der Waals surface area contributed by atoms with E-state index >= 15 is 0 Å². The molecular formula is C19H32N4O. The van der Waals surface area contributed by atoms with Crippen LogP contribution in [0.3, 0.4) is 0 Å². The molecule has 0 bridgehead atoms. The Morgan fingerprint density at radius 2 is 1.79 bits per heavy atom. The first kappa shape index (κ1) is 18.6. The van der Waals surface area contributed by atoms with Crippen LogP contribution in [-0.4, -0.2) is 50.2 Å². The van der Waals surface area contributed by atoms with Gasteiger partial charge in [0.05, 0.1) is 7.11 Å². The molecule has 1 aliphatic rings. The molecule has 5 heteroatoms. The van der Waals surface area contributed by atoms with E-state index in [0.29, 0.717) is 0 Å². The summed E-state index contributed by atoms with van der Waals surface area (Å²) in [5.74, 6) is 1.72. The van der Waals surface area contributed by atoms with Gasteiger partial charge in [-0.3, -0.25) is 9.89 Å². The van der Waals surface area contributed by atoms with Gasteiger partial charge in [0.2, 0.25) is 0 Å². The number of nitrogens with zero attached hydrogens (tertiary/aromatic N) is 2. The van der Waals surface area contributed by atoms with Gasteiger partial charge < -0.3 is 15.4 Å². The van der Waals surface area contributed by atoms with Crippen LogP contribution in [0.15, 0.2) is 29.3 Å². The van der Waals surface area contributed by atoms with Crippen molar-refractivity contribution >= 4 is 5.96 Å². The predicted octanol–water partition coefficient (Wildman–Crippen LogP) is 2.62. The van der Waals surface area contributed by atoms with Crippen LogP contribution in [0.2, 0.25) is 0 Å². The summed E-state index contributed by atoms with van der Waals surface area (Å²) in [5.41, 5.74) is 1.34. The van der Waals surface area contributed by atoms with Crippen molar-refractivity contribution in [1.29, 1.82) is 0 Å². The van der Waals surface area contributed by atoms with Gasteiger partial charge in [0, 0.05) is 25.7 Å². The van der Waals surface area contributed by atoms with E-state index in [1.54, 1.807) is 7.11 Å². The zero-order valence-electron chi connectivity index (χ0n) is 15.6. The van der Waals surface area contributed by atoms with Crippen molar-refractivity contribution in [2.24, 2.45) is 4.99 Å². The minimum absolute atomic E-state index is 0.137. The van der Waals surface area contributed by atoms with Crippen molar-refractivity contribution in [3.05, 3.63) is 29.8 Å². The number of hydrogen-bond donors (Lipinski definition) is 2. The maximum atomic E-state index is 5.19.